The minimum Gasteiger partial charge on any atom is -0.497 e. The van der Waals surface area contributed by atoms with Gasteiger partial charge >= 0.3 is 0 Å². The number of aromatic nitrogens is 2. The number of rotatable bonds is 6. The molecule has 6 nitrogen and oxygen atoms in total. The molecule has 2 heterocycles. The zero-order chi connectivity index (χ0) is 19.3. The van der Waals surface area contributed by atoms with Crippen molar-refractivity contribution in [3.63, 3.8) is 0 Å². The minimum atomic E-state index is -0.240. The van der Waals surface area contributed by atoms with Crippen LogP contribution in [-0.4, -0.2) is 22.4 Å². The van der Waals surface area contributed by atoms with Gasteiger partial charge in [0.2, 0.25) is 0 Å². The zero-order valence-corrected chi connectivity index (χ0v) is 15.3. The van der Waals surface area contributed by atoms with Gasteiger partial charge in [-0.25, -0.2) is 4.98 Å². The number of methoxy groups -OCH3 is 1. The van der Waals surface area contributed by atoms with Crippen molar-refractivity contribution < 1.29 is 14.3 Å². The maximum Gasteiger partial charge on any atom is 0.259 e. The number of nitrogens with one attached hydrogen (secondary N) is 1. The largest absolute Gasteiger partial charge is 0.497 e. The number of benzene rings is 2. The van der Waals surface area contributed by atoms with Crippen LogP contribution in [0.4, 0.5) is 5.69 Å². The first-order valence-corrected chi connectivity index (χ1v) is 8.83. The quantitative estimate of drug-likeness (QED) is 0.551. The SMILES string of the molecule is COc1ccc(NC(=O)c2ccccc2OCc2cn3ccccc3n2)cc1. The molecule has 0 atom stereocenters. The van der Waals surface area contributed by atoms with E-state index in [2.05, 4.69) is 10.3 Å². The Hall–Kier alpha value is -3.80. The van der Waals surface area contributed by atoms with Crippen LogP contribution in [0.5, 0.6) is 11.5 Å². The topological polar surface area (TPSA) is 64.9 Å². The number of carbonyl (C=O) groups is 1. The second-order valence-electron chi connectivity index (χ2n) is 6.17. The number of para-hydroxylation sites is 1. The van der Waals surface area contributed by atoms with Crippen molar-refractivity contribution >= 4 is 17.2 Å². The molecular formula is C22H19N3O3. The summed E-state index contributed by atoms with van der Waals surface area (Å²) in [5, 5.41) is 2.88. The van der Waals surface area contributed by atoms with Gasteiger partial charge in [0, 0.05) is 18.1 Å². The Morgan fingerprint density at radius 1 is 1.04 bits per heavy atom. The van der Waals surface area contributed by atoms with E-state index in [0.29, 0.717) is 17.0 Å². The van der Waals surface area contributed by atoms with Crippen LogP contribution in [0, 0.1) is 0 Å². The molecule has 4 rings (SSSR count). The van der Waals surface area contributed by atoms with Crippen LogP contribution in [0.2, 0.25) is 0 Å². The molecule has 0 spiro atoms. The highest BCUT2D eigenvalue weighted by molar-refractivity contribution is 6.06. The normalized spacial score (nSPS) is 10.6. The summed E-state index contributed by atoms with van der Waals surface area (Å²) in [6, 6.07) is 20.1. The molecule has 1 amide bonds. The molecule has 0 saturated heterocycles. The van der Waals surface area contributed by atoms with Gasteiger partial charge in [0.25, 0.3) is 5.91 Å². The fraction of sp³-hybridized carbons (Fsp3) is 0.0909. The second-order valence-corrected chi connectivity index (χ2v) is 6.17. The molecule has 0 saturated carbocycles. The summed E-state index contributed by atoms with van der Waals surface area (Å²) in [6.07, 6.45) is 3.84. The Morgan fingerprint density at radius 3 is 2.61 bits per heavy atom. The third kappa shape index (κ3) is 3.81. The van der Waals surface area contributed by atoms with E-state index in [4.69, 9.17) is 9.47 Å². The number of imidazole rings is 1. The fourth-order valence-corrected chi connectivity index (χ4v) is 2.86. The number of amides is 1. The number of pyridine rings is 1. The van der Waals surface area contributed by atoms with Crippen molar-refractivity contribution in [1.82, 2.24) is 9.38 Å². The molecule has 0 unspecified atom stereocenters. The number of nitrogens with zero attached hydrogens (tertiary/aromatic N) is 2. The molecule has 1 N–H and O–H groups in total. The van der Waals surface area contributed by atoms with Gasteiger partial charge in [-0.05, 0) is 48.5 Å². The number of anilines is 1. The molecule has 0 fully saturated rings. The first-order valence-electron chi connectivity index (χ1n) is 8.83. The third-order valence-electron chi connectivity index (χ3n) is 4.27. The first kappa shape index (κ1) is 17.6. The second kappa shape index (κ2) is 7.84. The summed E-state index contributed by atoms with van der Waals surface area (Å²) >= 11 is 0. The van der Waals surface area contributed by atoms with Gasteiger partial charge in [-0.15, -0.1) is 0 Å². The molecule has 0 radical (unpaired) electrons. The van der Waals surface area contributed by atoms with E-state index in [1.165, 1.54) is 0 Å². The van der Waals surface area contributed by atoms with E-state index in [9.17, 15) is 4.79 Å². The lowest BCUT2D eigenvalue weighted by molar-refractivity contribution is 0.102. The molecule has 28 heavy (non-hydrogen) atoms. The van der Waals surface area contributed by atoms with Crippen LogP contribution in [0.3, 0.4) is 0 Å². The number of ether oxygens (including phenoxy) is 2. The highest BCUT2D eigenvalue weighted by Gasteiger charge is 2.13. The molecule has 0 aliphatic heterocycles. The summed E-state index contributed by atoms with van der Waals surface area (Å²) < 4.78 is 13.0. The lowest BCUT2D eigenvalue weighted by Crippen LogP contribution is -2.13. The Morgan fingerprint density at radius 2 is 1.82 bits per heavy atom. The van der Waals surface area contributed by atoms with E-state index in [1.54, 1.807) is 49.6 Å². The van der Waals surface area contributed by atoms with Crippen LogP contribution in [-0.2, 0) is 6.61 Å². The molecule has 2 aromatic carbocycles. The van der Waals surface area contributed by atoms with Gasteiger partial charge < -0.3 is 19.2 Å². The monoisotopic (exact) mass is 373 g/mol. The Labute approximate surface area is 162 Å². The summed E-state index contributed by atoms with van der Waals surface area (Å²) in [6.45, 7) is 0.272. The van der Waals surface area contributed by atoms with Gasteiger partial charge in [-0.1, -0.05) is 18.2 Å². The highest BCUT2D eigenvalue weighted by Crippen LogP contribution is 2.22. The number of hydrogen-bond acceptors (Lipinski definition) is 4. The standard InChI is InChI=1S/C22H19N3O3/c1-27-18-11-9-16(10-12-18)24-22(26)19-6-2-3-7-20(19)28-15-17-14-25-13-5-4-8-21(25)23-17/h2-14H,15H2,1H3,(H,24,26). The van der Waals surface area contributed by atoms with Crippen molar-refractivity contribution in [2.45, 2.75) is 6.61 Å². The first-order chi connectivity index (χ1) is 13.7. The molecular weight excluding hydrogens is 354 g/mol. The van der Waals surface area contributed by atoms with E-state index >= 15 is 0 Å². The van der Waals surface area contributed by atoms with Crippen LogP contribution in [0.15, 0.2) is 79.1 Å². The maximum absolute atomic E-state index is 12.7. The van der Waals surface area contributed by atoms with Gasteiger partial charge in [-0.3, -0.25) is 4.79 Å². The zero-order valence-electron chi connectivity index (χ0n) is 15.3. The summed E-state index contributed by atoms with van der Waals surface area (Å²) in [5.74, 6) is 0.996. The predicted molar refractivity (Wildman–Crippen MR) is 107 cm³/mol. The van der Waals surface area contributed by atoms with Crippen LogP contribution in [0.25, 0.3) is 5.65 Å². The predicted octanol–water partition coefficient (Wildman–Crippen LogP) is 4.17. The third-order valence-corrected chi connectivity index (χ3v) is 4.27. The van der Waals surface area contributed by atoms with Crippen molar-refractivity contribution in [1.29, 1.82) is 0 Å². The smallest absolute Gasteiger partial charge is 0.259 e. The van der Waals surface area contributed by atoms with Gasteiger partial charge in [0.05, 0.1) is 18.4 Å². The lowest BCUT2D eigenvalue weighted by Gasteiger charge is -2.11. The fourth-order valence-electron chi connectivity index (χ4n) is 2.86. The summed E-state index contributed by atoms with van der Waals surface area (Å²) in [7, 11) is 1.60. The van der Waals surface area contributed by atoms with E-state index in [0.717, 1.165) is 17.1 Å². The highest BCUT2D eigenvalue weighted by atomic mass is 16.5. The van der Waals surface area contributed by atoms with E-state index in [-0.39, 0.29) is 12.5 Å². The van der Waals surface area contributed by atoms with Gasteiger partial charge in [-0.2, -0.15) is 0 Å². The molecule has 2 aromatic heterocycles. The average Bonchev–Trinajstić information content (AvgIpc) is 3.16. The van der Waals surface area contributed by atoms with Crippen molar-refractivity contribution in [3.05, 3.63) is 90.4 Å². The Bertz CT molecular complexity index is 1070. The van der Waals surface area contributed by atoms with Crippen molar-refractivity contribution in [2.24, 2.45) is 0 Å². The lowest BCUT2D eigenvalue weighted by atomic mass is 10.2. The van der Waals surface area contributed by atoms with Crippen LogP contribution < -0.4 is 14.8 Å². The molecule has 6 heteroatoms. The molecule has 140 valence electrons. The summed E-state index contributed by atoms with van der Waals surface area (Å²) in [4.78, 5) is 17.2. The molecule has 0 bridgehead atoms. The number of carbonyl (C=O) groups excluding carboxylic acids is 1. The molecule has 4 aromatic rings. The van der Waals surface area contributed by atoms with Crippen molar-refractivity contribution in [2.75, 3.05) is 12.4 Å². The average molecular weight is 373 g/mol. The maximum atomic E-state index is 12.7. The van der Waals surface area contributed by atoms with E-state index < -0.39 is 0 Å². The number of hydrogen-bond donors (Lipinski definition) is 1. The number of fused-ring (bicyclic) bond motifs is 1. The van der Waals surface area contributed by atoms with Crippen LogP contribution in [0.1, 0.15) is 16.1 Å². The van der Waals surface area contributed by atoms with Crippen molar-refractivity contribution in [3.8, 4) is 11.5 Å². The molecule has 0 aliphatic rings. The van der Waals surface area contributed by atoms with Gasteiger partial charge in [0.15, 0.2) is 0 Å². The van der Waals surface area contributed by atoms with Gasteiger partial charge in [0.1, 0.15) is 23.8 Å². The summed E-state index contributed by atoms with van der Waals surface area (Å²) in [5.41, 5.74) is 2.78. The molecule has 0 aliphatic carbocycles. The Kier molecular flexibility index (Phi) is 4.93. The minimum absolute atomic E-state index is 0.240. The van der Waals surface area contributed by atoms with E-state index in [1.807, 2.05) is 41.1 Å². The Balaban J connectivity index is 1.48. The van der Waals surface area contributed by atoms with Crippen LogP contribution >= 0.6 is 0 Å².